The Balaban J connectivity index is 2.12. The van der Waals surface area contributed by atoms with Gasteiger partial charge in [0.25, 0.3) is 0 Å². The van der Waals surface area contributed by atoms with Crippen molar-refractivity contribution < 1.29 is 9.47 Å². The minimum atomic E-state index is 0.809. The van der Waals surface area contributed by atoms with Crippen molar-refractivity contribution >= 4 is 11.8 Å². The average Bonchev–Trinajstić information content (AvgIpc) is 2.48. The fourth-order valence-electron chi connectivity index (χ4n) is 2.32. The molecule has 1 heterocycles. The Morgan fingerprint density at radius 1 is 1.00 bits per heavy atom. The predicted octanol–water partition coefficient (Wildman–Crippen LogP) is 1.85. The molecule has 1 aliphatic rings. The van der Waals surface area contributed by atoms with Gasteiger partial charge in [0, 0.05) is 43.9 Å². The second kappa shape index (κ2) is 12.9. The quantitative estimate of drug-likeness (QED) is 0.557. The van der Waals surface area contributed by atoms with Crippen LogP contribution in [0.15, 0.2) is 0 Å². The molecule has 0 aromatic heterocycles. The molecule has 0 unspecified atom stereocenters. The van der Waals surface area contributed by atoms with E-state index < -0.39 is 0 Å². The third-order valence-electron chi connectivity index (χ3n) is 3.56. The van der Waals surface area contributed by atoms with Crippen LogP contribution in [0, 0.1) is 0 Å². The first-order valence-corrected chi connectivity index (χ1v) is 9.11. The van der Waals surface area contributed by atoms with Crippen molar-refractivity contribution in [2.45, 2.75) is 31.9 Å². The van der Waals surface area contributed by atoms with Crippen molar-refractivity contribution in [1.82, 2.24) is 10.2 Å². The van der Waals surface area contributed by atoms with Gasteiger partial charge in [-0.3, -0.25) is 4.90 Å². The van der Waals surface area contributed by atoms with E-state index in [0.717, 1.165) is 51.3 Å². The Labute approximate surface area is 129 Å². The summed E-state index contributed by atoms with van der Waals surface area (Å²) in [6.07, 6.45) is 2.64. The van der Waals surface area contributed by atoms with Gasteiger partial charge in [-0.15, -0.1) is 0 Å². The third-order valence-corrected chi connectivity index (χ3v) is 4.92. The van der Waals surface area contributed by atoms with Crippen LogP contribution in [-0.4, -0.2) is 75.1 Å². The lowest BCUT2D eigenvalue weighted by Gasteiger charge is -2.25. The Kier molecular flexibility index (Phi) is 11.8. The lowest BCUT2D eigenvalue weighted by Crippen LogP contribution is -2.34. The molecule has 0 radical (unpaired) electrons. The normalized spacial score (nSPS) is 16.9. The maximum absolute atomic E-state index is 5.47. The van der Waals surface area contributed by atoms with Crippen LogP contribution in [0.1, 0.15) is 26.7 Å². The Morgan fingerprint density at radius 2 is 1.60 bits per heavy atom. The highest BCUT2D eigenvalue weighted by Crippen LogP contribution is 2.19. The van der Waals surface area contributed by atoms with Gasteiger partial charge in [0.2, 0.25) is 0 Å². The maximum atomic E-state index is 5.47. The van der Waals surface area contributed by atoms with E-state index in [0.29, 0.717) is 0 Å². The van der Waals surface area contributed by atoms with Crippen LogP contribution in [0.2, 0.25) is 0 Å². The molecule has 0 aromatic rings. The Hall–Kier alpha value is 0.190. The van der Waals surface area contributed by atoms with Crippen molar-refractivity contribution in [2.75, 3.05) is 64.9 Å². The lowest BCUT2D eigenvalue weighted by molar-refractivity contribution is 0.0856. The van der Waals surface area contributed by atoms with E-state index in [1.54, 1.807) is 0 Å². The SMILES string of the molecule is CCOCCN(CCOCC)CCSC1CCNCC1. The summed E-state index contributed by atoms with van der Waals surface area (Å²) in [6, 6.07) is 0. The fraction of sp³-hybridized carbons (Fsp3) is 1.00. The number of hydrogen-bond donors (Lipinski definition) is 1. The molecule has 1 aliphatic heterocycles. The van der Waals surface area contributed by atoms with Crippen molar-refractivity contribution in [3.05, 3.63) is 0 Å². The highest BCUT2D eigenvalue weighted by molar-refractivity contribution is 7.99. The first-order valence-electron chi connectivity index (χ1n) is 8.07. The molecule has 0 aliphatic carbocycles. The summed E-state index contributed by atoms with van der Waals surface area (Å²) >= 11 is 2.14. The standard InChI is InChI=1S/C15H32N2O2S/c1-3-18-12-9-17(10-13-19-4-2)11-14-20-15-5-7-16-8-6-15/h15-16H,3-14H2,1-2H3. The van der Waals surface area contributed by atoms with Gasteiger partial charge in [0.05, 0.1) is 13.2 Å². The average molecular weight is 305 g/mol. The van der Waals surface area contributed by atoms with E-state index in [1.807, 2.05) is 0 Å². The van der Waals surface area contributed by atoms with Gasteiger partial charge < -0.3 is 14.8 Å². The summed E-state index contributed by atoms with van der Waals surface area (Å²) in [7, 11) is 0. The monoisotopic (exact) mass is 304 g/mol. The Bertz CT molecular complexity index is 204. The second-order valence-corrected chi connectivity index (χ2v) is 6.46. The van der Waals surface area contributed by atoms with Gasteiger partial charge in [-0.25, -0.2) is 0 Å². The predicted molar refractivity (Wildman–Crippen MR) is 87.8 cm³/mol. The molecule has 0 spiro atoms. The highest BCUT2D eigenvalue weighted by atomic mass is 32.2. The number of hydrogen-bond acceptors (Lipinski definition) is 5. The van der Waals surface area contributed by atoms with Crippen LogP contribution in [0.25, 0.3) is 0 Å². The van der Waals surface area contributed by atoms with E-state index >= 15 is 0 Å². The summed E-state index contributed by atoms with van der Waals surface area (Å²) in [4.78, 5) is 2.47. The summed E-state index contributed by atoms with van der Waals surface area (Å²) in [5.41, 5.74) is 0. The summed E-state index contributed by atoms with van der Waals surface area (Å²) < 4.78 is 10.9. The molecular weight excluding hydrogens is 272 g/mol. The molecule has 0 amide bonds. The van der Waals surface area contributed by atoms with Crippen molar-refractivity contribution in [1.29, 1.82) is 0 Å². The number of nitrogens with zero attached hydrogens (tertiary/aromatic N) is 1. The molecule has 0 bridgehead atoms. The van der Waals surface area contributed by atoms with Crippen LogP contribution >= 0.6 is 11.8 Å². The zero-order chi connectivity index (χ0) is 14.5. The number of thioether (sulfide) groups is 1. The van der Waals surface area contributed by atoms with Gasteiger partial charge in [0.15, 0.2) is 0 Å². The maximum Gasteiger partial charge on any atom is 0.0593 e. The van der Waals surface area contributed by atoms with Gasteiger partial charge in [-0.2, -0.15) is 11.8 Å². The van der Waals surface area contributed by atoms with E-state index in [1.165, 1.54) is 31.7 Å². The van der Waals surface area contributed by atoms with Gasteiger partial charge in [-0.1, -0.05) is 0 Å². The minimum absolute atomic E-state index is 0.809. The van der Waals surface area contributed by atoms with Crippen LogP contribution in [0.5, 0.6) is 0 Å². The summed E-state index contributed by atoms with van der Waals surface area (Å²) in [6.45, 7) is 13.0. The molecule has 120 valence electrons. The van der Waals surface area contributed by atoms with Crippen LogP contribution in [0.4, 0.5) is 0 Å². The van der Waals surface area contributed by atoms with E-state index in [2.05, 4.69) is 35.8 Å². The van der Waals surface area contributed by atoms with Crippen molar-refractivity contribution in [2.24, 2.45) is 0 Å². The molecule has 0 saturated carbocycles. The third kappa shape index (κ3) is 9.19. The van der Waals surface area contributed by atoms with Crippen LogP contribution < -0.4 is 5.32 Å². The number of rotatable bonds is 12. The summed E-state index contributed by atoms with van der Waals surface area (Å²) in [5, 5.41) is 4.28. The number of piperidine rings is 1. The zero-order valence-corrected chi connectivity index (χ0v) is 14.1. The highest BCUT2D eigenvalue weighted by Gasteiger charge is 2.13. The molecule has 1 fully saturated rings. The molecule has 0 atom stereocenters. The first kappa shape index (κ1) is 18.2. The molecule has 1 rings (SSSR count). The second-order valence-electron chi connectivity index (χ2n) is 5.06. The molecule has 1 saturated heterocycles. The number of ether oxygens (including phenoxy) is 2. The van der Waals surface area contributed by atoms with Crippen LogP contribution in [-0.2, 0) is 9.47 Å². The number of nitrogens with one attached hydrogen (secondary N) is 1. The molecule has 20 heavy (non-hydrogen) atoms. The Morgan fingerprint density at radius 3 is 2.15 bits per heavy atom. The van der Waals surface area contributed by atoms with Crippen molar-refractivity contribution in [3.63, 3.8) is 0 Å². The van der Waals surface area contributed by atoms with E-state index in [-0.39, 0.29) is 0 Å². The zero-order valence-electron chi connectivity index (χ0n) is 13.2. The summed E-state index contributed by atoms with van der Waals surface area (Å²) in [5.74, 6) is 1.23. The molecule has 1 N–H and O–H groups in total. The van der Waals surface area contributed by atoms with Gasteiger partial charge >= 0.3 is 0 Å². The smallest absolute Gasteiger partial charge is 0.0593 e. The minimum Gasteiger partial charge on any atom is -0.380 e. The van der Waals surface area contributed by atoms with Crippen molar-refractivity contribution in [3.8, 4) is 0 Å². The molecule has 4 nitrogen and oxygen atoms in total. The molecule has 5 heteroatoms. The van der Waals surface area contributed by atoms with Gasteiger partial charge in [0.1, 0.15) is 0 Å². The lowest BCUT2D eigenvalue weighted by atomic mass is 10.2. The largest absolute Gasteiger partial charge is 0.380 e. The van der Waals surface area contributed by atoms with Gasteiger partial charge in [-0.05, 0) is 39.8 Å². The molecular formula is C15H32N2O2S. The molecule has 0 aromatic carbocycles. The fourth-order valence-corrected chi connectivity index (χ4v) is 3.59. The van der Waals surface area contributed by atoms with Crippen LogP contribution in [0.3, 0.4) is 0 Å². The topological polar surface area (TPSA) is 33.7 Å². The first-order chi connectivity index (χ1) is 9.86. The van der Waals surface area contributed by atoms with E-state index in [9.17, 15) is 0 Å². The van der Waals surface area contributed by atoms with E-state index in [4.69, 9.17) is 9.47 Å².